The molecule has 1 aliphatic rings. The largest absolute Gasteiger partial charge is 0.462 e. The fraction of sp³-hybridized carbons (Fsp3) is 0.346. The van der Waals surface area contributed by atoms with E-state index >= 15 is 0 Å². The van der Waals surface area contributed by atoms with E-state index in [1.165, 1.54) is 0 Å². The van der Waals surface area contributed by atoms with E-state index in [0.717, 1.165) is 50.7 Å². The first-order chi connectivity index (χ1) is 16.6. The second-order valence-electron chi connectivity index (χ2n) is 8.24. The number of ether oxygens (including phenoxy) is 1. The van der Waals surface area contributed by atoms with Crippen LogP contribution >= 0.6 is 0 Å². The highest BCUT2D eigenvalue weighted by Gasteiger charge is 2.20. The van der Waals surface area contributed by atoms with Gasteiger partial charge in [-0.1, -0.05) is 42.5 Å². The molecule has 2 aromatic carbocycles. The topological polar surface area (TPSA) is 79.7 Å². The van der Waals surface area contributed by atoms with Crippen molar-refractivity contribution < 1.29 is 14.3 Å². The van der Waals surface area contributed by atoms with Crippen LogP contribution in [0.5, 0.6) is 0 Å². The van der Waals surface area contributed by atoms with Crippen molar-refractivity contribution in [3.05, 3.63) is 72.6 Å². The van der Waals surface area contributed by atoms with Gasteiger partial charge in [-0.15, -0.1) is 0 Å². The molecule has 0 atom stereocenters. The third kappa shape index (κ3) is 6.09. The molecule has 1 aliphatic heterocycles. The third-order valence-electron chi connectivity index (χ3n) is 5.93. The van der Waals surface area contributed by atoms with Crippen molar-refractivity contribution in [2.75, 3.05) is 51.2 Å². The number of benzene rings is 2. The summed E-state index contributed by atoms with van der Waals surface area (Å²) in [4.78, 5) is 33.8. The Kier molecular flexibility index (Phi) is 8.06. The van der Waals surface area contributed by atoms with Gasteiger partial charge in [0.2, 0.25) is 5.91 Å². The molecular weight excluding hydrogens is 430 g/mol. The SMILES string of the molecule is CCOC(=O)c1ccccc1NC(=O)CN1CCN(CCn2ccnc2-c2ccccc2)CC1. The second kappa shape index (κ2) is 11.6. The highest BCUT2D eigenvalue weighted by Crippen LogP contribution is 2.18. The summed E-state index contributed by atoms with van der Waals surface area (Å²) in [6, 6.07) is 17.2. The second-order valence-corrected chi connectivity index (χ2v) is 8.24. The van der Waals surface area contributed by atoms with Gasteiger partial charge < -0.3 is 14.6 Å². The molecule has 34 heavy (non-hydrogen) atoms. The monoisotopic (exact) mass is 461 g/mol. The summed E-state index contributed by atoms with van der Waals surface area (Å²) >= 11 is 0. The van der Waals surface area contributed by atoms with Crippen molar-refractivity contribution >= 4 is 17.6 Å². The van der Waals surface area contributed by atoms with Gasteiger partial charge in [-0.2, -0.15) is 0 Å². The Morgan fingerprint density at radius 1 is 0.941 bits per heavy atom. The van der Waals surface area contributed by atoms with E-state index < -0.39 is 5.97 Å². The number of hydrogen-bond acceptors (Lipinski definition) is 6. The Bertz CT molecular complexity index is 1090. The van der Waals surface area contributed by atoms with Crippen molar-refractivity contribution in [2.45, 2.75) is 13.5 Å². The zero-order valence-electron chi connectivity index (χ0n) is 19.5. The normalized spacial score (nSPS) is 14.6. The predicted octanol–water partition coefficient (Wildman–Crippen LogP) is 2.98. The molecule has 0 saturated carbocycles. The highest BCUT2D eigenvalue weighted by molar-refractivity contribution is 6.01. The molecule has 8 heteroatoms. The molecule has 1 amide bonds. The highest BCUT2D eigenvalue weighted by atomic mass is 16.5. The molecule has 178 valence electrons. The average molecular weight is 462 g/mol. The summed E-state index contributed by atoms with van der Waals surface area (Å²) in [5.74, 6) is 0.426. The number of rotatable bonds is 9. The molecule has 1 saturated heterocycles. The van der Waals surface area contributed by atoms with E-state index in [1.807, 2.05) is 30.6 Å². The maximum atomic E-state index is 12.6. The van der Waals surface area contributed by atoms with E-state index in [2.05, 4.69) is 36.8 Å². The van der Waals surface area contributed by atoms with E-state index in [0.29, 0.717) is 24.4 Å². The molecule has 3 aromatic rings. The Hall–Kier alpha value is -3.49. The molecule has 4 rings (SSSR count). The smallest absolute Gasteiger partial charge is 0.340 e. The minimum absolute atomic E-state index is 0.129. The lowest BCUT2D eigenvalue weighted by atomic mass is 10.2. The number of amides is 1. The first-order valence-electron chi connectivity index (χ1n) is 11.7. The standard InChI is InChI=1S/C26H31N5O3/c1-2-34-26(33)22-10-6-7-11-23(22)28-24(32)20-30-16-14-29(15-17-30)18-19-31-13-12-27-25(31)21-8-4-3-5-9-21/h3-13H,2,14-20H2,1H3,(H,28,32). The van der Waals surface area contributed by atoms with Crippen LogP contribution in [0.3, 0.4) is 0 Å². The van der Waals surface area contributed by atoms with Gasteiger partial charge in [-0.05, 0) is 19.1 Å². The van der Waals surface area contributed by atoms with Crippen molar-refractivity contribution in [1.82, 2.24) is 19.4 Å². The average Bonchev–Trinajstić information content (AvgIpc) is 3.33. The summed E-state index contributed by atoms with van der Waals surface area (Å²) in [6.07, 6.45) is 3.87. The summed E-state index contributed by atoms with van der Waals surface area (Å²) in [5.41, 5.74) is 1.98. The molecule has 1 aromatic heterocycles. The summed E-state index contributed by atoms with van der Waals surface area (Å²) in [5, 5.41) is 2.87. The maximum absolute atomic E-state index is 12.6. The Morgan fingerprint density at radius 3 is 2.41 bits per heavy atom. The van der Waals surface area contributed by atoms with Gasteiger partial charge in [0, 0.05) is 57.2 Å². The molecule has 1 N–H and O–H groups in total. The quantitative estimate of drug-likeness (QED) is 0.494. The summed E-state index contributed by atoms with van der Waals surface area (Å²) in [6.45, 7) is 7.61. The Balaban J connectivity index is 1.24. The van der Waals surface area contributed by atoms with Gasteiger partial charge in [-0.25, -0.2) is 9.78 Å². The number of nitrogens with one attached hydrogen (secondary N) is 1. The van der Waals surface area contributed by atoms with Crippen LogP contribution in [0.1, 0.15) is 17.3 Å². The van der Waals surface area contributed by atoms with Crippen LogP contribution in [0.4, 0.5) is 5.69 Å². The van der Waals surface area contributed by atoms with Crippen LogP contribution in [-0.2, 0) is 16.1 Å². The van der Waals surface area contributed by atoms with Crippen molar-refractivity contribution in [3.8, 4) is 11.4 Å². The fourth-order valence-corrected chi connectivity index (χ4v) is 4.13. The lowest BCUT2D eigenvalue weighted by Gasteiger charge is -2.34. The summed E-state index contributed by atoms with van der Waals surface area (Å²) in [7, 11) is 0. The molecule has 0 spiro atoms. The van der Waals surface area contributed by atoms with Crippen LogP contribution in [0, 0.1) is 0 Å². The van der Waals surface area contributed by atoms with Crippen LogP contribution < -0.4 is 5.32 Å². The number of aromatic nitrogens is 2. The number of carbonyl (C=O) groups is 2. The van der Waals surface area contributed by atoms with Crippen LogP contribution in [0.15, 0.2) is 67.0 Å². The number of imidazole rings is 1. The molecule has 8 nitrogen and oxygen atoms in total. The number of piperazine rings is 1. The predicted molar refractivity (Wildman–Crippen MR) is 132 cm³/mol. The van der Waals surface area contributed by atoms with Crippen molar-refractivity contribution in [3.63, 3.8) is 0 Å². The molecule has 0 bridgehead atoms. The van der Waals surface area contributed by atoms with Crippen molar-refractivity contribution in [2.24, 2.45) is 0 Å². The van der Waals surface area contributed by atoms with Crippen LogP contribution in [-0.4, -0.2) is 77.1 Å². The van der Waals surface area contributed by atoms with Gasteiger partial charge in [0.25, 0.3) is 0 Å². The third-order valence-corrected chi connectivity index (χ3v) is 5.93. The lowest BCUT2D eigenvalue weighted by molar-refractivity contribution is -0.117. The van der Waals surface area contributed by atoms with Gasteiger partial charge >= 0.3 is 5.97 Å². The summed E-state index contributed by atoms with van der Waals surface area (Å²) < 4.78 is 7.27. The first-order valence-corrected chi connectivity index (χ1v) is 11.7. The van der Waals surface area contributed by atoms with E-state index in [9.17, 15) is 9.59 Å². The minimum Gasteiger partial charge on any atom is -0.462 e. The number of esters is 1. The van der Waals surface area contributed by atoms with Gasteiger partial charge in [0.05, 0.1) is 24.4 Å². The minimum atomic E-state index is -0.430. The molecule has 0 unspecified atom stereocenters. The number of para-hydroxylation sites is 1. The number of nitrogens with zero attached hydrogens (tertiary/aromatic N) is 4. The van der Waals surface area contributed by atoms with Gasteiger partial charge in [0.1, 0.15) is 5.82 Å². The number of carbonyl (C=O) groups excluding carboxylic acids is 2. The first kappa shape index (κ1) is 23.7. The van der Waals surface area contributed by atoms with E-state index in [1.54, 1.807) is 31.2 Å². The Morgan fingerprint density at radius 2 is 1.65 bits per heavy atom. The fourth-order valence-electron chi connectivity index (χ4n) is 4.13. The van der Waals surface area contributed by atoms with Gasteiger partial charge in [0.15, 0.2) is 0 Å². The Labute approximate surface area is 200 Å². The van der Waals surface area contributed by atoms with Gasteiger partial charge in [-0.3, -0.25) is 14.6 Å². The lowest BCUT2D eigenvalue weighted by Crippen LogP contribution is -2.49. The van der Waals surface area contributed by atoms with E-state index in [4.69, 9.17) is 4.74 Å². The van der Waals surface area contributed by atoms with E-state index in [-0.39, 0.29) is 5.91 Å². The zero-order chi connectivity index (χ0) is 23.8. The molecule has 2 heterocycles. The molecule has 0 radical (unpaired) electrons. The molecule has 0 aliphatic carbocycles. The molecule has 1 fully saturated rings. The van der Waals surface area contributed by atoms with Crippen LogP contribution in [0.25, 0.3) is 11.4 Å². The molecular formula is C26H31N5O3. The maximum Gasteiger partial charge on any atom is 0.340 e. The van der Waals surface area contributed by atoms with Crippen molar-refractivity contribution in [1.29, 1.82) is 0 Å². The number of hydrogen-bond donors (Lipinski definition) is 1. The van der Waals surface area contributed by atoms with Crippen LogP contribution in [0.2, 0.25) is 0 Å². The number of anilines is 1. The zero-order valence-corrected chi connectivity index (χ0v) is 19.5.